The van der Waals surface area contributed by atoms with Crippen LogP contribution in [-0.2, 0) is 0 Å². The molecule has 1 unspecified atom stereocenters. The molecule has 0 spiro atoms. The fourth-order valence-electron chi connectivity index (χ4n) is 2.09. The Kier molecular flexibility index (Phi) is 4.17. The van der Waals surface area contributed by atoms with Gasteiger partial charge in [-0.15, -0.1) is 0 Å². The Bertz CT molecular complexity index is 517. The molecular formula is C16H19FN2. The van der Waals surface area contributed by atoms with Crippen LogP contribution in [0.1, 0.15) is 25.5 Å². The number of hydrogen-bond acceptors (Lipinski definition) is 2. The van der Waals surface area contributed by atoms with E-state index in [-0.39, 0.29) is 11.9 Å². The highest BCUT2D eigenvalue weighted by Crippen LogP contribution is 2.26. The fraction of sp³-hybridized carbons (Fsp3) is 0.250. The van der Waals surface area contributed by atoms with Gasteiger partial charge in [0.2, 0.25) is 0 Å². The van der Waals surface area contributed by atoms with Crippen LogP contribution in [0.2, 0.25) is 0 Å². The molecule has 2 N–H and O–H groups in total. The van der Waals surface area contributed by atoms with E-state index in [2.05, 4.69) is 11.8 Å². The van der Waals surface area contributed by atoms with Crippen LogP contribution in [-0.4, -0.2) is 6.54 Å². The van der Waals surface area contributed by atoms with Crippen LogP contribution in [0.5, 0.6) is 0 Å². The lowest BCUT2D eigenvalue weighted by atomic mass is 10.1. The van der Waals surface area contributed by atoms with Crippen molar-refractivity contribution in [2.24, 2.45) is 5.73 Å². The molecule has 0 aliphatic rings. The van der Waals surface area contributed by atoms with Crippen LogP contribution in [0.3, 0.4) is 0 Å². The summed E-state index contributed by atoms with van der Waals surface area (Å²) in [5.41, 5.74) is 9.02. The fourth-order valence-corrected chi connectivity index (χ4v) is 2.09. The van der Waals surface area contributed by atoms with Gasteiger partial charge in [0.1, 0.15) is 5.82 Å². The molecule has 19 heavy (non-hydrogen) atoms. The van der Waals surface area contributed by atoms with Gasteiger partial charge in [-0.2, -0.15) is 0 Å². The predicted octanol–water partition coefficient (Wildman–Crippen LogP) is 4.00. The topological polar surface area (TPSA) is 29.3 Å². The zero-order chi connectivity index (χ0) is 13.8. The van der Waals surface area contributed by atoms with Crippen molar-refractivity contribution in [1.29, 1.82) is 0 Å². The molecule has 2 nitrogen and oxygen atoms in total. The molecule has 0 fully saturated rings. The average molecular weight is 258 g/mol. The van der Waals surface area contributed by atoms with Crippen molar-refractivity contribution in [3.8, 4) is 0 Å². The second-order valence-corrected chi connectivity index (χ2v) is 4.60. The summed E-state index contributed by atoms with van der Waals surface area (Å²) in [6.45, 7) is 4.86. The van der Waals surface area contributed by atoms with Crippen LogP contribution in [0.4, 0.5) is 15.8 Å². The zero-order valence-corrected chi connectivity index (χ0v) is 11.3. The molecule has 1 atom stereocenters. The third-order valence-electron chi connectivity index (χ3n) is 3.19. The Morgan fingerprint density at radius 1 is 1.00 bits per heavy atom. The molecule has 0 aliphatic heterocycles. The maximum atomic E-state index is 13.0. The smallest absolute Gasteiger partial charge is 0.123 e. The van der Waals surface area contributed by atoms with Crippen molar-refractivity contribution in [3.63, 3.8) is 0 Å². The van der Waals surface area contributed by atoms with Crippen LogP contribution >= 0.6 is 0 Å². The van der Waals surface area contributed by atoms with Crippen molar-refractivity contribution < 1.29 is 4.39 Å². The number of nitrogens with zero attached hydrogens (tertiary/aromatic N) is 1. The van der Waals surface area contributed by atoms with E-state index in [0.717, 1.165) is 23.5 Å². The van der Waals surface area contributed by atoms with Gasteiger partial charge in [-0.3, -0.25) is 0 Å². The first kappa shape index (κ1) is 13.6. The molecule has 0 amide bonds. The van der Waals surface area contributed by atoms with Gasteiger partial charge in [-0.25, -0.2) is 4.39 Å². The summed E-state index contributed by atoms with van der Waals surface area (Å²) in [5.74, 6) is -0.216. The normalized spacial score (nSPS) is 12.2. The van der Waals surface area contributed by atoms with Gasteiger partial charge in [-0.05, 0) is 55.8 Å². The quantitative estimate of drug-likeness (QED) is 0.898. The van der Waals surface area contributed by atoms with Crippen LogP contribution < -0.4 is 10.6 Å². The minimum atomic E-state index is -0.216. The Labute approximate surface area is 113 Å². The number of rotatable bonds is 4. The molecule has 0 aromatic heterocycles. The number of anilines is 2. The van der Waals surface area contributed by atoms with E-state index in [1.807, 2.05) is 31.2 Å². The summed E-state index contributed by atoms with van der Waals surface area (Å²) in [4.78, 5) is 2.13. The van der Waals surface area contributed by atoms with Crippen LogP contribution in [0.15, 0.2) is 48.5 Å². The molecule has 100 valence electrons. The highest BCUT2D eigenvalue weighted by molar-refractivity contribution is 5.63. The first-order valence-corrected chi connectivity index (χ1v) is 6.50. The predicted molar refractivity (Wildman–Crippen MR) is 78.1 cm³/mol. The summed E-state index contributed by atoms with van der Waals surface area (Å²) in [7, 11) is 0. The van der Waals surface area contributed by atoms with Gasteiger partial charge >= 0.3 is 0 Å². The van der Waals surface area contributed by atoms with E-state index >= 15 is 0 Å². The third kappa shape index (κ3) is 3.12. The summed E-state index contributed by atoms with van der Waals surface area (Å²) < 4.78 is 13.0. The number of hydrogen-bond donors (Lipinski definition) is 1. The standard InChI is InChI=1S/C16H19FN2/c1-3-19(16-10-6-14(17)7-11-16)15-8-4-13(5-9-15)12(2)18/h4-12H,3,18H2,1-2H3. The van der Waals surface area contributed by atoms with Crippen molar-refractivity contribution >= 4 is 11.4 Å². The van der Waals surface area contributed by atoms with Gasteiger partial charge in [0.05, 0.1) is 0 Å². The van der Waals surface area contributed by atoms with Gasteiger partial charge in [0, 0.05) is 24.0 Å². The Balaban J connectivity index is 2.28. The lowest BCUT2D eigenvalue weighted by Gasteiger charge is -2.23. The SMILES string of the molecule is CCN(c1ccc(F)cc1)c1ccc(C(C)N)cc1. The first-order valence-electron chi connectivity index (χ1n) is 6.50. The summed E-state index contributed by atoms with van der Waals surface area (Å²) in [6, 6.07) is 14.7. The van der Waals surface area contributed by atoms with Crippen molar-refractivity contribution in [2.45, 2.75) is 19.9 Å². The van der Waals surface area contributed by atoms with Gasteiger partial charge in [-0.1, -0.05) is 12.1 Å². The second-order valence-electron chi connectivity index (χ2n) is 4.60. The monoisotopic (exact) mass is 258 g/mol. The van der Waals surface area contributed by atoms with E-state index in [1.54, 1.807) is 12.1 Å². The molecule has 0 aliphatic carbocycles. The maximum Gasteiger partial charge on any atom is 0.123 e. The lowest BCUT2D eigenvalue weighted by molar-refractivity contribution is 0.628. The van der Waals surface area contributed by atoms with Gasteiger partial charge in [0.15, 0.2) is 0 Å². The van der Waals surface area contributed by atoms with E-state index in [4.69, 9.17) is 5.73 Å². The van der Waals surface area contributed by atoms with Crippen molar-refractivity contribution in [1.82, 2.24) is 0 Å². The average Bonchev–Trinajstić information content (AvgIpc) is 2.42. The van der Waals surface area contributed by atoms with Crippen LogP contribution in [0, 0.1) is 5.82 Å². The van der Waals surface area contributed by atoms with Gasteiger partial charge in [0.25, 0.3) is 0 Å². The molecule has 0 bridgehead atoms. The first-order chi connectivity index (χ1) is 9.11. The van der Waals surface area contributed by atoms with Crippen molar-refractivity contribution in [3.05, 3.63) is 59.9 Å². The molecular weight excluding hydrogens is 239 g/mol. The molecule has 2 aromatic carbocycles. The number of benzene rings is 2. The van der Waals surface area contributed by atoms with Crippen molar-refractivity contribution in [2.75, 3.05) is 11.4 Å². The minimum absolute atomic E-state index is 0.0370. The van der Waals surface area contributed by atoms with E-state index in [0.29, 0.717) is 0 Å². The lowest BCUT2D eigenvalue weighted by Crippen LogP contribution is -2.16. The summed E-state index contributed by atoms with van der Waals surface area (Å²) in [6.07, 6.45) is 0. The number of nitrogens with two attached hydrogens (primary N) is 1. The third-order valence-corrected chi connectivity index (χ3v) is 3.19. The molecule has 0 heterocycles. The minimum Gasteiger partial charge on any atom is -0.342 e. The molecule has 2 aromatic rings. The van der Waals surface area contributed by atoms with E-state index < -0.39 is 0 Å². The van der Waals surface area contributed by atoms with E-state index in [1.165, 1.54) is 12.1 Å². The molecule has 0 radical (unpaired) electrons. The second kappa shape index (κ2) is 5.85. The maximum absolute atomic E-state index is 13.0. The highest BCUT2D eigenvalue weighted by Gasteiger charge is 2.08. The van der Waals surface area contributed by atoms with Gasteiger partial charge < -0.3 is 10.6 Å². The Hall–Kier alpha value is -1.87. The summed E-state index contributed by atoms with van der Waals surface area (Å²) >= 11 is 0. The zero-order valence-electron chi connectivity index (χ0n) is 11.3. The Morgan fingerprint density at radius 2 is 1.47 bits per heavy atom. The molecule has 0 saturated heterocycles. The molecule has 0 saturated carbocycles. The molecule has 2 rings (SSSR count). The largest absolute Gasteiger partial charge is 0.342 e. The highest BCUT2D eigenvalue weighted by atomic mass is 19.1. The molecule has 3 heteroatoms. The Morgan fingerprint density at radius 3 is 1.89 bits per heavy atom. The summed E-state index contributed by atoms with van der Waals surface area (Å²) in [5, 5.41) is 0. The van der Waals surface area contributed by atoms with E-state index in [9.17, 15) is 4.39 Å². The van der Waals surface area contributed by atoms with Crippen LogP contribution in [0.25, 0.3) is 0 Å². The number of halogens is 1.